The quantitative estimate of drug-likeness (QED) is 0.923. The Bertz CT molecular complexity index is 827. The van der Waals surface area contributed by atoms with Gasteiger partial charge in [0.1, 0.15) is 0 Å². The molecule has 0 aromatic carbocycles. The second-order valence-corrected chi connectivity index (χ2v) is 7.78. The molecule has 3 atom stereocenters. The van der Waals surface area contributed by atoms with Crippen LogP contribution in [-0.2, 0) is 11.2 Å². The van der Waals surface area contributed by atoms with Crippen molar-refractivity contribution < 1.29 is 4.79 Å². The van der Waals surface area contributed by atoms with Gasteiger partial charge in [0.05, 0.1) is 5.69 Å². The van der Waals surface area contributed by atoms with Crippen LogP contribution in [0.3, 0.4) is 0 Å². The van der Waals surface area contributed by atoms with Crippen molar-refractivity contribution in [2.24, 2.45) is 17.6 Å². The van der Waals surface area contributed by atoms with Crippen LogP contribution in [0.4, 0.5) is 0 Å². The lowest BCUT2D eigenvalue weighted by atomic mass is 9.98. The summed E-state index contributed by atoms with van der Waals surface area (Å²) in [5.74, 6) is 1.38. The van der Waals surface area contributed by atoms with Gasteiger partial charge in [0.25, 0.3) is 0 Å². The highest BCUT2D eigenvalue weighted by Gasteiger charge is 2.42. The van der Waals surface area contributed by atoms with Crippen LogP contribution in [0.15, 0.2) is 6.07 Å². The van der Waals surface area contributed by atoms with Crippen molar-refractivity contribution in [3.05, 3.63) is 28.7 Å². The molecule has 1 aliphatic heterocycles. The minimum absolute atomic E-state index is 0.247. The summed E-state index contributed by atoms with van der Waals surface area (Å²) < 4.78 is 1.89. The molecular formula is C19H27N5O. The fraction of sp³-hybridized carbons (Fsp3) is 0.632. The molecule has 2 aromatic rings. The minimum atomic E-state index is 0.247. The summed E-state index contributed by atoms with van der Waals surface area (Å²) in [6.45, 7) is 7.80. The van der Waals surface area contributed by atoms with Gasteiger partial charge >= 0.3 is 0 Å². The second-order valence-electron chi connectivity index (χ2n) is 7.78. The molecule has 134 valence electrons. The number of rotatable bonds is 3. The van der Waals surface area contributed by atoms with Gasteiger partial charge in [-0.25, -0.2) is 9.50 Å². The number of likely N-dealkylation sites (tertiary alicyclic amines) is 1. The molecule has 3 unspecified atom stereocenters. The van der Waals surface area contributed by atoms with E-state index in [0.717, 1.165) is 54.2 Å². The van der Waals surface area contributed by atoms with Crippen LogP contribution in [0.2, 0.25) is 0 Å². The van der Waals surface area contributed by atoms with Crippen molar-refractivity contribution in [1.29, 1.82) is 0 Å². The highest BCUT2D eigenvalue weighted by atomic mass is 16.2. The van der Waals surface area contributed by atoms with Gasteiger partial charge in [-0.2, -0.15) is 5.10 Å². The van der Waals surface area contributed by atoms with E-state index in [0.29, 0.717) is 18.3 Å². The number of aromatic nitrogens is 3. The highest BCUT2D eigenvalue weighted by molar-refractivity contribution is 5.77. The number of carbonyl (C=O) groups is 1. The maximum Gasteiger partial charge on any atom is 0.222 e. The summed E-state index contributed by atoms with van der Waals surface area (Å²) in [6.07, 6.45) is 3.54. The molecule has 0 radical (unpaired) electrons. The van der Waals surface area contributed by atoms with Crippen molar-refractivity contribution in [3.8, 4) is 0 Å². The van der Waals surface area contributed by atoms with Gasteiger partial charge in [-0.15, -0.1) is 0 Å². The molecule has 1 saturated heterocycles. The zero-order chi connectivity index (χ0) is 17.7. The topological polar surface area (TPSA) is 76.5 Å². The van der Waals surface area contributed by atoms with Crippen LogP contribution in [0.5, 0.6) is 0 Å². The number of amides is 1. The van der Waals surface area contributed by atoms with E-state index in [-0.39, 0.29) is 11.9 Å². The van der Waals surface area contributed by atoms with Crippen molar-refractivity contribution in [2.45, 2.75) is 52.5 Å². The molecule has 2 aromatic heterocycles. The van der Waals surface area contributed by atoms with E-state index in [1.807, 2.05) is 29.3 Å². The van der Waals surface area contributed by atoms with Crippen molar-refractivity contribution >= 4 is 11.6 Å². The van der Waals surface area contributed by atoms with Gasteiger partial charge in [0.15, 0.2) is 5.65 Å². The van der Waals surface area contributed by atoms with Gasteiger partial charge in [-0.05, 0) is 57.4 Å². The van der Waals surface area contributed by atoms with Crippen LogP contribution < -0.4 is 5.73 Å². The average molecular weight is 341 g/mol. The highest BCUT2D eigenvalue weighted by Crippen LogP contribution is 2.37. The number of carbonyl (C=O) groups excluding carboxylic acids is 1. The fourth-order valence-electron chi connectivity index (χ4n) is 4.70. The first kappa shape index (κ1) is 16.5. The predicted molar refractivity (Wildman–Crippen MR) is 96.3 cm³/mol. The van der Waals surface area contributed by atoms with Crippen LogP contribution >= 0.6 is 0 Å². The Labute approximate surface area is 148 Å². The molecule has 2 fully saturated rings. The number of aryl methyl sites for hydroxylation is 3. The van der Waals surface area contributed by atoms with Gasteiger partial charge < -0.3 is 10.6 Å². The van der Waals surface area contributed by atoms with Crippen molar-refractivity contribution in [3.63, 3.8) is 0 Å². The first-order valence-electron chi connectivity index (χ1n) is 9.30. The van der Waals surface area contributed by atoms with E-state index in [1.165, 1.54) is 6.42 Å². The second kappa shape index (κ2) is 6.09. The van der Waals surface area contributed by atoms with Gasteiger partial charge in [-0.3, -0.25) is 4.79 Å². The fourth-order valence-corrected chi connectivity index (χ4v) is 4.70. The summed E-state index contributed by atoms with van der Waals surface area (Å²) in [4.78, 5) is 19.4. The lowest BCUT2D eigenvalue weighted by Crippen LogP contribution is -2.33. The molecule has 25 heavy (non-hydrogen) atoms. The molecule has 0 spiro atoms. The molecule has 0 bridgehead atoms. The number of nitrogens with two attached hydrogens (primary N) is 1. The maximum absolute atomic E-state index is 12.7. The Balaban J connectivity index is 1.46. The molecule has 6 heteroatoms. The van der Waals surface area contributed by atoms with Crippen LogP contribution in [0, 0.1) is 32.6 Å². The van der Waals surface area contributed by atoms with E-state index in [4.69, 9.17) is 5.73 Å². The maximum atomic E-state index is 12.7. The first-order valence-corrected chi connectivity index (χ1v) is 9.30. The van der Waals surface area contributed by atoms with E-state index >= 15 is 0 Å². The molecule has 2 N–H and O–H groups in total. The number of nitrogens with zero attached hydrogens (tertiary/aromatic N) is 4. The van der Waals surface area contributed by atoms with E-state index in [1.54, 1.807) is 0 Å². The third-order valence-electron chi connectivity index (χ3n) is 6.14. The molecule has 1 saturated carbocycles. The standard InChI is InChI=1S/C19H27N5O/c1-11-8-18-21-12(2)15(13(3)24(18)22-11)5-7-19(25)23-9-14-4-6-17(20)16(14)10-23/h8,14,16-17H,4-7,9-10,20H2,1-3H3. The van der Waals surface area contributed by atoms with Crippen LogP contribution in [0.1, 0.15) is 41.9 Å². The Hall–Kier alpha value is -1.95. The molecule has 3 heterocycles. The Morgan fingerprint density at radius 2 is 2.08 bits per heavy atom. The van der Waals surface area contributed by atoms with E-state index in [9.17, 15) is 4.79 Å². The van der Waals surface area contributed by atoms with Crippen molar-refractivity contribution in [2.75, 3.05) is 13.1 Å². The van der Waals surface area contributed by atoms with Gasteiger partial charge in [0, 0.05) is 43.0 Å². The molecule has 1 amide bonds. The molecule has 1 aliphatic carbocycles. The monoisotopic (exact) mass is 341 g/mol. The third-order valence-corrected chi connectivity index (χ3v) is 6.14. The molecule has 4 rings (SSSR count). The average Bonchev–Trinajstić information content (AvgIpc) is 3.23. The summed E-state index contributed by atoms with van der Waals surface area (Å²) in [6, 6.07) is 2.27. The lowest BCUT2D eigenvalue weighted by Gasteiger charge is -2.19. The number of hydrogen-bond donors (Lipinski definition) is 1. The normalized spacial score (nSPS) is 25.8. The van der Waals surface area contributed by atoms with Crippen LogP contribution in [-0.4, -0.2) is 44.5 Å². The minimum Gasteiger partial charge on any atom is -0.342 e. The van der Waals surface area contributed by atoms with Crippen molar-refractivity contribution in [1.82, 2.24) is 19.5 Å². The smallest absolute Gasteiger partial charge is 0.222 e. The first-order chi connectivity index (χ1) is 11.9. The summed E-state index contributed by atoms with van der Waals surface area (Å²) in [5.41, 5.74) is 11.2. The summed E-state index contributed by atoms with van der Waals surface area (Å²) in [7, 11) is 0. The Morgan fingerprint density at radius 3 is 2.84 bits per heavy atom. The summed E-state index contributed by atoms with van der Waals surface area (Å²) in [5, 5.41) is 4.51. The predicted octanol–water partition coefficient (Wildman–Crippen LogP) is 1.78. The third kappa shape index (κ3) is 2.82. The summed E-state index contributed by atoms with van der Waals surface area (Å²) >= 11 is 0. The number of fused-ring (bicyclic) bond motifs is 2. The van der Waals surface area contributed by atoms with E-state index in [2.05, 4.69) is 17.0 Å². The zero-order valence-electron chi connectivity index (χ0n) is 15.3. The van der Waals surface area contributed by atoms with Gasteiger partial charge in [0.2, 0.25) is 5.91 Å². The SMILES string of the molecule is Cc1cc2nc(C)c(CCC(=O)N3CC4CCC(N)C4C3)c(C)n2n1. The lowest BCUT2D eigenvalue weighted by molar-refractivity contribution is -0.130. The molecule has 6 nitrogen and oxygen atoms in total. The number of hydrogen-bond acceptors (Lipinski definition) is 4. The molecule has 2 aliphatic rings. The Morgan fingerprint density at radius 1 is 1.28 bits per heavy atom. The van der Waals surface area contributed by atoms with E-state index < -0.39 is 0 Å². The zero-order valence-corrected chi connectivity index (χ0v) is 15.3. The van der Waals surface area contributed by atoms with Crippen LogP contribution in [0.25, 0.3) is 5.65 Å². The van der Waals surface area contributed by atoms with Gasteiger partial charge in [-0.1, -0.05) is 0 Å². The largest absolute Gasteiger partial charge is 0.342 e. The molecular weight excluding hydrogens is 314 g/mol. The Kier molecular flexibility index (Phi) is 4.02.